The Morgan fingerprint density at radius 2 is 1.59 bits per heavy atom. The van der Waals surface area contributed by atoms with Gasteiger partial charge in [0, 0.05) is 29.7 Å². The molecular formula is C15H15NO. The summed E-state index contributed by atoms with van der Waals surface area (Å²) < 4.78 is 2.01. The third-order valence-electron chi connectivity index (χ3n) is 2.68. The molecule has 0 saturated carbocycles. The molecule has 17 heavy (non-hydrogen) atoms. The van der Waals surface area contributed by atoms with Crippen LogP contribution in [0.25, 0.3) is 12.3 Å². The van der Waals surface area contributed by atoms with E-state index in [1.54, 1.807) is 12.1 Å². The first-order valence-electron chi connectivity index (χ1n) is 5.60. The average molecular weight is 225 g/mol. The van der Waals surface area contributed by atoms with Crippen molar-refractivity contribution in [3.8, 4) is 0 Å². The molecule has 0 amide bonds. The summed E-state index contributed by atoms with van der Waals surface area (Å²) in [5.74, 6) is 0. The first-order chi connectivity index (χ1) is 8.16. The van der Waals surface area contributed by atoms with Crippen molar-refractivity contribution in [2.75, 3.05) is 0 Å². The van der Waals surface area contributed by atoms with Crippen molar-refractivity contribution in [3.05, 3.63) is 69.6 Å². The molecule has 0 radical (unpaired) electrons. The quantitative estimate of drug-likeness (QED) is 0.769. The van der Waals surface area contributed by atoms with Crippen LogP contribution >= 0.6 is 0 Å². The smallest absolute Gasteiger partial charge is 0.182 e. The zero-order valence-corrected chi connectivity index (χ0v) is 10.1. The van der Waals surface area contributed by atoms with Crippen LogP contribution in [0.4, 0.5) is 0 Å². The normalized spacial score (nSPS) is 10.9. The lowest BCUT2D eigenvalue weighted by Gasteiger charge is -2.08. The van der Waals surface area contributed by atoms with Gasteiger partial charge in [-0.15, -0.1) is 0 Å². The summed E-state index contributed by atoms with van der Waals surface area (Å²) in [6, 6.07) is 13.4. The monoisotopic (exact) mass is 225 g/mol. The van der Waals surface area contributed by atoms with Gasteiger partial charge in [0.2, 0.25) is 0 Å². The third kappa shape index (κ3) is 2.72. The van der Waals surface area contributed by atoms with E-state index < -0.39 is 0 Å². The fourth-order valence-electron chi connectivity index (χ4n) is 1.83. The lowest BCUT2D eigenvalue weighted by Crippen LogP contribution is -2.08. The van der Waals surface area contributed by atoms with E-state index in [0.29, 0.717) is 0 Å². The van der Waals surface area contributed by atoms with Crippen molar-refractivity contribution in [3.63, 3.8) is 0 Å². The van der Waals surface area contributed by atoms with Crippen LogP contribution in [0.5, 0.6) is 0 Å². The molecule has 0 atom stereocenters. The fraction of sp³-hybridized carbons (Fsp3) is 0.133. The summed E-state index contributed by atoms with van der Waals surface area (Å²) in [5, 5.41) is 0. The Morgan fingerprint density at radius 3 is 2.18 bits per heavy atom. The molecule has 0 fully saturated rings. The predicted molar refractivity (Wildman–Crippen MR) is 71.8 cm³/mol. The Hall–Kier alpha value is -2.09. The lowest BCUT2D eigenvalue weighted by atomic mass is 10.2. The van der Waals surface area contributed by atoms with Crippen LogP contribution in [0.3, 0.4) is 0 Å². The first-order valence-corrected chi connectivity index (χ1v) is 5.60. The molecule has 0 aliphatic heterocycles. The second kappa shape index (κ2) is 4.83. The van der Waals surface area contributed by atoms with Gasteiger partial charge in [0.05, 0.1) is 0 Å². The number of hydrogen-bond acceptors (Lipinski definition) is 1. The predicted octanol–water partition coefficient (Wildman–Crippen LogP) is 3.09. The van der Waals surface area contributed by atoms with Gasteiger partial charge in [-0.1, -0.05) is 30.3 Å². The summed E-state index contributed by atoms with van der Waals surface area (Å²) in [6.07, 6.45) is 4.02. The van der Waals surface area contributed by atoms with Gasteiger partial charge in [-0.2, -0.15) is 0 Å². The zero-order chi connectivity index (χ0) is 12.3. The summed E-state index contributed by atoms with van der Waals surface area (Å²) in [6.45, 7) is 3.87. The van der Waals surface area contributed by atoms with Crippen molar-refractivity contribution in [1.29, 1.82) is 0 Å². The number of aromatic nitrogens is 1. The number of rotatable bonds is 2. The Kier molecular flexibility index (Phi) is 3.24. The SMILES string of the molecule is Cc1cc(=O)cc(C)n1C=Cc1ccccc1. The molecule has 0 bridgehead atoms. The maximum absolute atomic E-state index is 11.3. The Morgan fingerprint density at radius 1 is 1.00 bits per heavy atom. The summed E-state index contributed by atoms with van der Waals surface area (Å²) >= 11 is 0. The van der Waals surface area contributed by atoms with Crippen LogP contribution in [-0.2, 0) is 0 Å². The van der Waals surface area contributed by atoms with Crippen LogP contribution < -0.4 is 5.43 Å². The standard InChI is InChI=1S/C15H15NO/c1-12-10-15(17)11-13(2)16(12)9-8-14-6-4-3-5-7-14/h3-11H,1-2H3. The van der Waals surface area contributed by atoms with E-state index in [1.165, 1.54) is 0 Å². The minimum absolute atomic E-state index is 0.0596. The van der Waals surface area contributed by atoms with E-state index in [9.17, 15) is 4.79 Å². The number of benzene rings is 1. The minimum atomic E-state index is 0.0596. The van der Waals surface area contributed by atoms with E-state index in [2.05, 4.69) is 0 Å². The Labute approximate surface area is 101 Å². The van der Waals surface area contributed by atoms with Crippen LogP contribution in [0.2, 0.25) is 0 Å². The van der Waals surface area contributed by atoms with Gasteiger partial charge < -0.3 is 4.57 Å². The Bertz CT molecular complexity index is 568. The number of pyridine rings is 1. The molecule has 1 aromatic heterocycles. The molecule has 2 nitrogen and oxygen atoms in total. The van der Waals surface area contributed by atoms with Crippen molar-refractivity contribution in [2.45, 2.75) is 13.8 Å². The molecule has 0 unspecified atom stereocenters. The molecule has 2 heteroatoms. The maximum Gasteiger partial charge on any atom is 0.182 e. The fourth-order valence-corrected chi connectivity index (χ4v) is 1.83. The molecule has 0 N–H and O–H groups in total. The molecule has 2 aromatic rings. The number of hydrogen-bond donors (Lipinski definition) is 0. The highest BCUT2D eigenvalue weighted by Gasteiger charge is 1.97. The average Bonchev–Trinajstić information content (AvgIpc) is 2.29. The van der Waals surface area contributed by atoms with Gasteiger partial charge in [0.15, 0.2) is 5.43 Å². The second-order valence-corrected chi connectivity index (χ2v) is 4.07. The van der Waals surface area contributed by atoms with Gasteiger partial charge >= 0.3 is 0 Å². The van der Waals surface area contributed by atoms with Crippen LogP contribution in [0.15, 0.2) is 47.3 Å². The van der Waals surface area contributed by atoms with Gasteiger partial charge in [-0.3, -0.25) is 4.79 Å². The molecule has 0 aliphatic carbocycles. The highest BCUT2D eigenvalue weighted by Crippen LogP contribution is 2.06. The topological polar surface area (TPSA) is 22.0 Å². The highest BCUT2D eigenvalue weighted by atomic mass is 16.1. The maximum atomic E-state index is 11.3. The molecule has 1 heterocycles. The number of aryl methyl sites for hydroxylation is 2. The largest absolute Gasteiger partial charge is 0.325 e. The Balaban J connectivity index is 2.37. The van der Waals surface area contributed by atoms with E-state index in [-0.39, 0.29) is 5.43 Å². The summed E-state index contributed by atoms with van der Waals surface area (Å²) in [7, 11) is 0. The van der Waals surface area contributed by atoms with E-state index in [1.807, 2.05) is 61.0 Å². The molecule has 2 rings (SSSR count). The molecule has 0 saturated heterocycles. The molecule has 1 aromatic carbocycles. The van der Waals surface area contributed by atoms with Crippen molar-refractivity contribution < 1.29 is 0 Å². The molecular weight excluding hydrogens is 210 g/mol. The van der Waals surface area contributed by atoms with Crippen molar-refractivity contribution in [1.82, 2.24) is 4.57 Å². The van der Waals surface area contributed by atoms with E-state index in [0.717, 1.165) is 17.0 Å². The van der Waals surface area contributed by atoms with E-state index in [4.69, 9.17) is 0 Å². The first kappa shape index (κ1) is 11.4. The summed E-state index contributed by atoms with van der Waals surface area (Å²) in [5.41, 5.74) is 3.10. The van der Waals surface area contributed by atoms with E-state index >= 15 is 0 Å². The lowest BCUT2D eigenvalue weighted by molar-refractivity contribution is 0.977. The van der Waals surface area contributed by atoms with Crippen LogP contribution in [0, 0.1) is 13.8 Å². The summed E-state index contributed by atoms with van der Waals surface area (Å²) in [4.78, 5) is 11.3. The molecule has 0 spiro atoms. The zero-order valence-electron chi connectivity index (χ0n) is 10.1. The number of nitrogens with zero attached hydrogens (tertiary/aromatic N) is 1. The van der Waals surface area contributed by atoms with Gasteiger partial charge in [-0.05, 0) is 25.5 Å². The minimum Gasteiger partial charge on any atom is -0.325 e. The van der Waals surface area contributed by atoms with Crippen molar-refractivity contribution >= 4 is 12.3 Å². The highest BCUT2D eigenvalue weighted by molar-refractivity contribution is 5.61. The van der Waals surface area contributed by atoms with Crippen LogP contribution in [-0.4, -0.2) is 4.57 Å². The third-order valence-corrected chi connectivity index (χ3v) is 2.68. The van der Waals surface area contributed by atoms with Gasteiger partial charge in [0.1, 0.15) is 0 Å². The van der Waals surface area contributed by atoms with Crippen molar-refractivity contribution in [2.24, 2.45) is 0 Å². The molecule has 0 aliphatic rings. The second-order valence-electron chi connectivity index (χ2n) is 4.07. The van der Waals surface area contributed by atoms with Crippen LogP contribution in [0.1, 0.15) is 17.0 Å². The molecule has 86 valence electrons. The van der Waals surface area contributed by atoms with Gasteiger partial charge in [0.25, 0.3) is 0 Å². The van der Waals surface area contributed by atoms with Gasteiger partial charge in [-0.25, -0.2) is 0 Å².